The smallest absolute Gasteiger partial charge is 0.410 e. The molecular weight excluding hydrogens is 345 g/mol. The summed E-state index contributed by atoms with van der Waals surface area (Å²) in [6.45, 7) is 9.76. The van der Waals surface area contributed by atoms with Gasteiger partial charge in [-0.2, -0.15) is 0 Å². The van der Waals surface area contributed by atoms with Gasteiger partial charge in [0.15, 0.2) is 0 Å². The summed E-state index contributed by atoms with van der Waals surface area (Å²) in [4.78, 5) is 13.8. The first-order chi connectivity index (χ1) is 8.32. The lowest BCUT2D eigenvalue weighted by Gasteiger charge is -2.41. The third-order valence-corrected chi connectivity index (χ3v) is 4.28. The maximum Gasteiger partial charge on any atom is 0.410 e. The summed E-state index contributed by atoms with van der Waals surface area (Å²) in [5.41, 5.74) is -0.627. The summed E-state index contributed by atoms with van der Waals surface area (Å²) in [5, 5.41) is 0. The zero-order chi connectivity index (χ0) is 13.8. The molecule has 1 amide bonds. The second-order valence-corrected chi connectivity index (χ2v) is 6.52. The Morgan fingerprint density at radius 2 is 2.11 bits per heavy atom. The molecule has 0 aliphatic carbocycles. The van der Waals surface area contributed by atoms with E-state index in [1.54, 1.807) is 4.90 Å². The average molecular weight is 369 g/mol. The molecule has 0 radical (unpaired) electrons. The molecule has 0 N–H and O–H groups in total. The molecule has 1 saturated heterocycles. The van der Waals surface area contributed by atoms with Gasteiger partial charge in [0.2, 0.25) is 0 Å². The number of nitrogens with zero attached hydrogens (tertiary/aromatic N) is 1. The Morgan fingerprint density at radius 3 is 2.61 bits per heavy atom. The maximum absolute atomic E-state index is 12.1. The van der Waals surface area contributed by atoms with E-state index < -0.39 is 5.60 Å². The summed E-state index contributed by atoms with van der Waals surface area (Å²) in [6.07, 6.45) is 1.77. The van der Waals surface area contributed by atoms with E-state index in [1.807, 2.05) is 27.7 Å². The fourth-order valence-corrected chi connectivity index (χ4v) is 2.99. The van der Waals surface area contributed by atoms with Crippen molar-refractivity contribution in [1.82, 2.24) is 4.90 Å². The number of likely N-dealkylation sites (tertiary alicyclic amines) is 1. The standard InChI is InChI=1S/C13H24INO3/c1-5-17-13(9-14)7-6-8-15(10-13)11(16)18-12(2,3)4/h5-10H2,1-4H3. The van der Waals surface area contributed by atoms with Gasteiger partial charge in [-0.1, -0.05) is 22.6 Å². The Morgan fingerprint density at radius 1 is 1.44 bits per heavy atom. The summed E-state index contributed by atoms with van der Waals surface area (Å²) in [5.74, 6) is 0. The van der Waals surface area contributed by atoms with Crippen molar-refractivity contribution in [3.8, 4) is 0 Å². The average Bonchev–Trinajstić information content (AvgIpc) is 2.27. The molecule has 0 aromatic carbocycles. The van der Waals surface area contributed by atoms with Crippen molar-refractivity contribution in [2.24, 2.45) is 0 Å². The van der Waals surface area contributed by atoms with Crippen molar-refractivity contribution >= 4 is 28.7 Å². The van der Waals surface area contributed by atoms with Crippen LogP contribution in [0, 0.1) is 0 Å². The molecule has 0 aromatic rings. The lowest BCUT2D eigenvalue weighted by atomic mass is 9.95. The minimum Gasteiger partial charge on any atom is -0.444 e. The maximum atomic E-state index is 12.1. The molecule has 18 heavy (non-hydrogen) atoms. The molecule has 106 valence electrons. The van der Waals surface area contributed by atoms with Gasteiger partial charge in [-0.25, -0.2) is 4.79 Å². The Bertz CT molecular complexity index is 286. The van der Waals surface area contributed by atoms with Crippen molar-refractivity contribution in [3.05, 3.63) is 0 Å². The summed E-state index contributed by atoms with van der Waals surface area (Å²) in [6, 6.07) is 0. The van der Waals surface area contributed by atoms with Gasteiger partial charge < -0.3 is 14.4 Å². The number of piperidine rings is 1. The largest absolute Gasteiger partial charge is 0.444 e. The van der Waals surface area contributed by atoms with Crippen molar-refractivity contribution in [2.45, 2.75) is 51.7 Å². The third-order valence-electron chi connectivity index (χ3n) is 2.89. The van der Waals surface area contributed by atoms with Crippen LogP contribution >= 0.6 is 22.6 Å². The van der Waals surface area contributed by atoms with Gasteiger partial charge in [-0.15, -0.1) is 0 Å². The lowest BCUT2D eigenvalue weighted by molar-refractivity contribution is -0.0705. The van der Waals surface area contributed by atoms with Crippen LogP contribution in [0.15, 0.2) is 0 Å². The van der Waals surface area contributed by atoms with Crippen LogP contribution in [0.3, 0.4) is 0 Å². The lowest BCUT2D eigenvalue weighted by Crippen LogP contribution is -2.53. The Labute approximate surface area is 124 Å². The molecule has 1 fully saturated rings. The van der Waals surface area contributed by atoms with Gasteiger partial charge in [0.25, 0.3) is 0 Å². The van der Waals surface area contributed by atoms with Gasteiger partial charge in [0, 0.05) is 17.6 Å². The Balaban J connectivity index is 2.65. The SMILES string of the molecule is CCOC1(CI)CCCN(C(=O)OC(C)(C)C)C1. The first kappa shape index (κ1) is 16.0. The van der Waals surface area contributed by atoms with Crippen molar-refractivity contribution in [3.63, 3.8) is 0 Å². The topological polar surface area (TPSA) is 38.8 Å². The van der Waals surface area contributed by atoms with Crippen LogP contribution < -0.4 is 0 Å². The van der Waals surface area contributed by atoms with Crippen molar-refractivity contribution in [1.29, 1.82) is 0 Å². The van der Waals surface area contributed by atoms with E-state index >= 15 is 0 Å². The Kier molecular flexibility index (Phi) is 5.70. The molecule has 0 bridgehead atoms. The summed E-state index contributed by atoms with van der Waals surface area (Å²) in [7, 11) is 0. The number of alkyl halides is 1. The van der Waals surface area contributed by atoms with Crippen LogP contribution in [0.5, 0.6) is 0 Å². The molecule has 0 saturated carbocycles. The number of amides is 1. The fraction of sp³-hybridized carbons (Fsp3) is 0.923. The number of rotatable bonds is 3. The Hall–Kier alpha value is -0.0400. The van der Waals surface area contributed by atoms with E-state index in [9.17, 15) is 4.79 Å². The van der Waals surface area contributed by atoms with Gasteiger partial charge in [-0.05, 0) is 40.5 Å². The number of carbonyl (C=O) groups excluding carboxylic acids is 1. The molecule has 1 unspecified atom stereocenters. The van der Waals surface area contributed by atoms with Crippen LogP contribution in [-0.2, 0) is 9.47 Å². The van der Waals surface area contributed by atoms with Gasteiger partial charge in [-0.3, -0.25) is 0 Å². The molecule has 0 spiro atoms. The highest BCUT2D eigenvalue weighted by atomic mass is 127. The van der Waals surface area contributed by atoms with E-state index in [4.69, 9.17) is 9.47 Å². The molecular formula is C13H24INO3. The third kappa shape index (κ3) is 4.57. The minimum atomic E-state index is -0.437. The van der Waals surface area contributed by atoms with E-state index in [2.05, 4.69) is 22.6 Å². The van der Waals surface area contributed by atoms with Crippen LogP contribution in [0.1, 0.15) is 40.5 Å². The number of hydrogen-bond donors (Lipinski definition) is 0. The number of carbonyl (C=O) groups is 1. The number of hydrogen-bond acceptors (Lipinski definition) is 3. The van der Waals surface area contributed by atoms with Crippen molar-refractivity contribution in [2.75, 3.05) is 24.1 Å². The van der Waals surface area contributed by atoms with Crippen LogP contribution in [0.25, 0.3) is 0 Å². The first-order valence-electron chi connectivity index (χ1n) is 6.50. The summed E-state index contributed by atoms with van der Waals surface area (Å²) >= 11 is 2.34. The fourth-order valence-electron chi connectivity index (χ4n) is 2.15. The van der Waals surface area contributed by atoms with Crippen molar-refractivity contribution < 1.29 is 14.3 Å². The van der Waals surface area contributed by atoms with E-state index in [-0.39, 0.29) is 11.7 Å². The molecule has 1 rings (SSSR count). The van der Waals surface area contributed by atoms with E-state index in [0.29, 0.717) is 13.2 Å². The van der Waals surface area contributed by atoms with Crippen LogP contribution in [0.4, 0.5) is 4.79 Å². The highest BCUT2D eigenvalue weighted by Crippen LogP contribution is 2.28. The van der Waals surface area contributed by atoms with Gasteiger partial charge >= 0.3 is 6.09 Å². The second kappa shape index (κ2) is 6.41. The summed E-state index contributed by atoms with van der Waals surface area (Å²) < 4.78 is 12.2. The monoisotopic (exact) mass is 369 g/mol. The predicted octanol–water partition coefficient (Wildman–Crippen LogP) is 3.23. The minimum absolute atomic E-state index is 0.190. The quantitative estimate of drug-likeness (QED) is 0.567. The number of ether oxygens (including phenoxy) is 2. The highest BCUT2D eigenvalue weighted by Gasteiger charge is 2.38. The first-order valence-corrected chi connectivity index (χ1v) is 8.02. The van der Waals surface area contributed by atoms with Crippen LogP contribution in [0.2, 0.25) is 0 Å². The zero-order valence-corrected chi connectivity index (χ0v) is 14.0. The molecule has 1 aliphatic heterocycles. The molecule has 0 aromatic heterocycles. The molecule has 1 atom stereocenters. The molecule has 4 nitrogen and oxygen atoms in total. The number of halogens is 1. The predicted molar refractivity (Wildman–Crippen MR) is 80.3 cm³/mol. The normalized spacial score (nSPS) is 25.1. The molecule has 5 heteroatoms. The van der Waals surface area contributed by atoms with Gasteiger partial charge in [0.05, 0.1) is 12.1 Å². The highest BCUT2D eigenvalue weighted by molar-refractivity contribution is 14.1. The molecule has 1 aliphatic rings. The van der Waals surface area contributed by atoms with E-state index in [1.165, 1.54) is 0 Å². The molecule has 1 heterocycles. The zero-order valence-electron chi connectivity index (χ0n) is 11.8. The van der Waals surface area contributed by atoms with Gasteiger partial charge in [0.1, 0.15) is 5.60 Å². The second-order valence-electron chi connectivity index (χ2n) is 5.76. The van der Waals surface area contributed by atoms with E-state index in [0.717, 1.165) is 23.8 Å². The van der Waals surface area contributed by atoms with Crippen LogP contribution in [-0.4, -0.2) is 46.3 Å².